The van der Waals surface area contributed by atoms with Crippen LogP contribution in [-0.4, -0.2) is 38.3 Å². The maximum absolute atomic E-state index is 12.7. The van der Waals surface area contributed by atoms with E-state index in [1.807, 2.05) is 19.1 Å². The molecule has 2 aromatic rings. The van der Waals surface area contributed by atoms with Gasteiger partial charge >= 0.3 is 0 Å². The Morgan fingerprint density at radius 2 is 1.80 bits per heavy atom. The summed E-state index contributed by atoms with van der Waals surface area (Å²) in [5.41, 5.74) is 1.53. The summed E-state index contributed by atoms with van der Waals surface area (Å²) >= 11 is 5.93. The van der Waals surface area contributed by atoms with Crippen LogP contribution in [0.2, 0.25) is 5.02 Å². The average Bonchev–Trinajstić information content (AvgIpc) is 2.73. The molecule has 0 aliphatic carbocycles. The lowest BCUT2D eigenvalue weighted by atomic mass is 10.2. The summed E-state index contributed by atoms with van der Waals surface area (Å²) in [7, 11) is -3.46. The van der Waals surface area contributed by atoms with Crippen molar-refractivity contribution >= 4 is 33.2 Å². The van der Waals surface area contributed by atoms with Gasteiger partial charge in [-0.15, -0.1) is 0 Å². The Morgan fingerprint density at radius 3 is 2.47 bits per heavy atom. The number of ether oxygens (including phenoxy) is 1. The van der Waals surface area contributed by atoms with Gasteiger partial charge in [0.15, 0.2) is 0 Å². The normalized spacial score (nSPS) is 15.0. The Kier molecular flexibility index (Phi) is 7.75. The van der Waals surface area contributed by atoms with Crippen LogP contribution in [0.25, 0.3) is 0 Å². The van der Waals surface area contributed by atoms with Crippen molar-refractivity contribution in [1.82, 2.24) is 4.31 Å². The number of piperidine rings is 1. The van der Waals surface area contributed by atoms with Crippen LogP contribution in [0.4, 0.5) is 5.69 Å². The summed E-state index contributed by atoms with van der Waals surface area (Å²) in [4.78, 5) is 12.4. The third-order valence-corrected chi connectivity index (χ3v) is 7.18. The van der Waals surface area contributed by atoms with E-state index in [1.54, 1.807) is 30.3 Å². The molecular formula is C22H27ClN2O4S. The van der Waals surface area contributed by atoms with Gasteiger partial charge < -0.3 is 10.1 Å². The first kappa shape index (κ1) is 22.6. The minimum atomic E-state index is -3.46. The summed E-state index contributed by atoms with van der Waals surface area (Å²) in [5.74, 6) is 0.614. The van der Waals surface area contributed by atoms with Crippen molar-refractivity contribution in [2.75, 3.05) is 25.0 Å². The molecule has 3 rings (SSSR count). The molecule has 1 aliphatic rings. The van der Waals surface area contributed by atoms with Crippen LogP contribution < -0.4 is 10.1 Å². The van der Waals surface area contributed by atoms with E-state index in [9.17, 15) is 13.2 Å². The number of hydrogen-bond acceptors (Lipinski definition) is 4. The van der Waals surface area contributed by atoms with Crippen LogP contribution in [0.5, 0.6) is 5.75 Å². The van der Waals surface area contributed by atoms with E-state index < -0.39 is 10.0 Å². The smallest absolute Gasteiger partial charge is 0.243 e. The summed E-state index contributed by atoms with van der Waals surface area (Å²) in [5, 5.41) is 3.46. The topological polar surface area (TPSA) is 75.7 Å². The van der Waals surface area contributed by atoms with Gasteiger partial charge in [0.05, 0.1) is 11.5 Å². The van der Waals surface area contributed by atoms with E-state index in [0.717, 1.165) is 30.6 Å². The number of rotatable bonds is 8. The zero-order valence-corrected chi connectivity index (χ0v) is 18.6. The first-order valence-corrected chi connectivity index (χ1v) is 12.0. The lowest BCUT2D eigenvalue weighted by Gasteiger charge is -2.25. The zero-order chi connectivity index (χ0) is 21.6. The molecule has 1 heterocycles. The standard InChI is InChI=1S/C22H27ClN2O4S/c1-17-16-18(23)7-12-21(17)29-15-5-6-22(26)24-19-8-10-20(11-9-19)30(27,28)25-13-3-2-4-14-25/h7-12,16H,2-6,13-15H2,1H3,(H,24,26). The average molecular weight is 451 g/mol. The van der Waals surface area contributed by atoms with Gasteiger partial charge in [0.2, 0.25) is 15.9 Å². The molecule has 6 nitrogen and oxygen atoms in total. The quantitative estimate of drug-likeness (QED) is 0.595. The Labute approximate surface area is 183 Å². The van der Waals surface area contributed by atoms with Crippen molar-refractivity contribution < 1.29 is 17.9 Å². The van der Waals surface area contributed by atoms with Crippen LogP contribution in [0.1, 0.15) is 37.7 Å². The third-order valence-electron chi connectivity index (χ3n) is 5.03. The number of sulfonamides is 1. The van der Waals surface area contributed by atoms with Crippen molar-refractivity contribution in [3.8, 4) is 5.75 Å². The van der Waals surface area contributed by atoms with Gasteiger partial charge in [0, 0.05) is 30.2 Å². The second kappa shape index (κ2) is 10.3. The number of aryl methyl sites for hydroxylation is 1. The van der Waals surface area contributed by atoms with E-state index in [1.165, 1.54) is 4.31 Å². The molecule has 0 saturated carbocycles. The molecule has 1 amide bonds. The minimum Gasteiger partial charge on any atom is -0.493 e. The molecule has 0 aromatic heterocycles. The molecule has 30 heavy (non-hydrogen) atoms. The van der Waals surface area contributed by atoms with Crippen molar-refractivity contribution in [2.24, 2.45) is 0 Å². The SMILES string of the molecule is Cc1cc(Cl)ccc1OCCCC(=O)Nc1ccc(S(=O)(=O)N2CCCCC2)cc1. The Bertz CT molecular complexity index is 971. The number of benzene rings is 2. The Hall–Kier alpha value is -2.09. The monoisotopic (exact) mass is 450 g/mol. The van der Waals surface area contributed by atoms with Crippen LogP contribution in [0.3, 0.4) is 0 Å². The molecule has 0 unspecified atom stereocenters. The molecule has 0 bridgehead atoms. The highest BCUT2D eigenvalue weighted by Crippen LogP contribution is 2.23. The second-order valence-corrected chi connectivity index (χ2v) is 9.77. The lowest BCUT2D eigenvalue weighted by molar-refractivity contribution is -0.116. The van der Waals surface area contributed by atoms with Crippen molar-refractivity contribution in [2.45, 2.75) is 43.9 Å². The summed E-state index contributed by atoms with van der Waals surface area (Å²) in [6.45, 7) is 3.48. The first-order chi connectivity index (χ1) is 14.4. The van der Waals surface area contributed by atoms with Gasteiger partial charge in [0.25, 0.3) is 0 Å². The molecule has 1 aliphatic heterocycles. The predicted octanol–water partition coefficient (Wildman–Crippen LogP) is 4.62. The van der Waals surface area contributed by atoms with Gasteiger partial charge in [-0.05, 0) is 74.2 Å². The minimum absolute atomic E-state index is 0.141. The second-order valence-electron chi connectivity index (χ2n) is 7.40. The molecule has 1 N–H and O–H groups in total. The summed E-state index contributed by atoms with van der Waals surface area (Å²) in [6, 6.07) is 11.8. The van der Waals surface area contributed by atoms with Crippen LogP contribution in [0.15, 0.2) is 47.4 Å². The van der Waals surface area contributed by atoms with E-state index in [-0.39, 0.29) is 10.8 Å². The molecule has 2 aromatic carbocycles. The van der Waals surface area contributed by atoms with Crippen LogP contribution in [-0.2, 0) is 14.8 Å². The van der Waals surface area contributed by atoms with Crippen molar-refractivity contribution in [3.05, 3.63) is 53.1 Å². The van der Waals surface area contributed by atoms with Gasteiger partial charge in [-0.1, -0.05) is 18.0 Å². The van der Waals surface area contributed by atoms with E-state index in [2.05, 4.69) is 5.32 Å². The van der Waals surface area contributed by atoms with Gasteiger partial charge in [-0.2, -0.15) is 4.31 Å². The number of halogens is 1. The number of carbonyl (C=O) groups excluding carboxylic acids is 1. The van der Waals surface area contributed by atoms with Crippen molar-refractivity contribution in [3.63, 3.8) is 0 Å². The maximum Gasteiger partial charge on any atom is 0.243 e. The number of anilines is 1. The number of nitrogens with zero attached hydrogens (tertiary/aromatic N) is 1. The first-order valence-electron chi connectivity index (χ1n) is 10.2. The fourth-order valence-electron chi connectivity index (χ4n) is 3.38. The largest absolute Gasteiger partial charge is 0.493 e. The highest BCUT2D eigenvalue weighted by molar-refractivity contribution is 7.89. The molecular weight excluding hydrogens is 424 g/mol. The molecule has 0 radical (unpaired) electrons. The third kappa shape index (κ3) is 5.97. The highest BCUT2D eigenvalue weighted by Gasteiger charge is 2.25. The fraction of sp³-hybridized carbons (Fsp3) is 0.409. The molecule has 1 saturated heterocycles. The van der Waals surface area contributed by atoms with Gasteiger partial charge in [-0.25, -0.2) is 8.42 Å². The highest BCUT2D eigenvalue weighted by atomic mass is 35.5. The number of carbonyl (C=O) groups is 1. The predicted molar refractivity (Wildman–Crippen MR) is 119 cm³/mol. The van der Waals surface area contributed by atoms with E-state index >= 15 is 0 Å². The van der Waals surface area contributed by atoms with Crippen LogP contribution >= 0.6 is 11.6 Å². The number of nitrogens with one attached hydrogen (secondary N) is 1. The van der Waals surface area contributed by atoms with Gasteiger partial charge in [0.1, 0.15) is 5.75 Å². The molecule has 0 atom stereocenters. The van der Waals surface area contributed by atoms with Gasteiger partial charge in [-0.3, -0.25) is 4.79 Å². The summed E-state index contributed by atoms with van der Waals surface area (Å²) in [6.07, 6.45) is 3.74. The van der Waals surface area contributed by atoms with Crippen LogP contribution in [0, 0.1) is 6.92 Å². The Balaban J connectivity index is 1.46. The molecule has 1 fully saturated rings. The maximum atomic E-state index is 12.7. The summed E-state index contributed by atoms with van der Waals surface area (Å²) < 4.78 is 32.6. The zero-order valence-electron chi connectivity index (χ0n) is 17.1. The van der Waals surface area contributed by atoms with E-state index in [4.69, 9.17) is 16.3 Å². The number of amides is 1. The number of hydrogen-bond donors (Lipinski definition) is 1. The lowest BCUT2D eigenvalue weighted by Crippen LogP contribution is -2.35. The Morgan fingerprint density at radius 1 is 1.10 bits per heavy atom. The molecule has 0 spiro atoms. The van der Waals surface area contributed by atoms with E-state index in [0.29, 0.717) is 43.2 Å². The molecule has 8 heteroatoms. The fourth-order valence-corrected chi connectivity index (χ4v) is 5.12. The molecule has 162 valence electrons. The van der Waals surface area contributed by atoms with Crippen molar-refractivity contribution in [1.29, 1.82) is 0 Å².